The molecule has 3 nitrogen and oxygen atoms in total. The molecule has 1 aromatic heterocycles. The first-order valence-corrected chi connectivity index (χ1v) is 21.4. The average molecular weight is 807 g/mol. The lowest BCUT2D eigenvalue weighted by molar-refractivity contribution is 0.669. The first-order valence-electron chi connectivity index (χ1n) is 21.4. The highest BCUT2D eigenvalue weighted by Crippen LogP contribution is 2.40. The molecule has 0 unspecified atom stereocenters. The third-order valence-corrected chi connectivity index (χ3v) is 11.9. The lowest BCUT2D eigenvalue weighted by Gasteiger charge is -2.26. The van der Waals surface area contributed by atoms with E-state index in [1.807, 2.05) is 0 Å². The largest absolute Gasteiger partial charge is 0.456 e. The summed E-state index contributed by atoms with van der Waals surface area (Å²) in [7, 11) is 0. The van der Waals surface area contributed by atoms with E-state index in [9.17, 15) is 0 Å². The molecule has 1 heterocycles. The molecule has 0 amide bonds. The molecule has 298 valence electrons. The highest BCUT2D eigenvalue weighted by Gasteiger charge is 2.16. The molecule has 0 atom stereocenters. The van der Waals surface area contributed by atoms with Gasteiger partial charge in [0.25, 0.3) is 0 Å². The van der Waals surface area contributed by atoms with Crippen LogP contribution in [0.5, 0.6) is 0 Å². The van der Waals surface area contributed by atoms with Gasteiger partial charge in [-0.2, -0.15) is 0 Å². The Hall–Kier alpha value is -8.40. The highest BCUT2D eigenvalue weighted by molar-refractivity contribution is 6.07. The third-order valence-electron chi connectivity index (χ3n) is 11.9. The van der Waals surface area contributed by atoms with Crippen molar-refractivity contribution < 1.29 is 4.42 Å². The zero-order valence-electron chi connectivity index (χ0n) is 34.6. The quantitative estimate of drug-likeness (QED) is 0.137. The molecule has 0 fully saturated rings. The molecule has 0 N–H and O–H groups in total. The maximum absolute atomic E-state index is 6.31. The number of nitrogens with zero attached hydrogens (tertiary/aromatic N) is 2. The van der Waals surface area contributed by atoms with E-state index < -0.39 is 0 Å². The first kappa shape index (κ1) is 37.6. The van der Waals surface area contributed by atoms with Crippen molar-refractivity contribution in [2.75, 3.05) is 9.80 Å². The molecule has 0 spiro atoms. The maximum Gasteiger partial charge on any atom is 0.135 e. The Bertz CT molecular complexity index is 3250. The number of benzene rings is 10. The average Bonchev–Trinajstić information content (AvgIpc) is 3.73. The number of rotatable bonds is 10. The van der Waals surface area contributed by atoms with Gasteiger partial charge in [0.05, 0.1) is 0 Å². The van der Waals surface area contributed by atoms with E-state index in [2.05, 4.69) is 265 Å². The van der Waals surface area contributed by atoms with Crippen molar-refractivity contribution in [1.29, 1.82) is 0 Å². The van der Waals surface area contributed by atoms with E-state index >= 15 is 0 Å². The zero-order valence-corrected chi connectivity index (χ0v) is 34.6. The normalized spacial score (nSPS) is 11.2. The Kier molecular flexibility index (Phi) is 9.89. The predicted octanol–water partition coefficient (Wildman–Crippen LogP) is 17.2. The van der Waals surface area contributed by atoms with Crippen LogP contribution in [0, 0.1) is 0 Å². The van der Waals surface area contributed by atoms with Gasteiger partial charge in [-0.1, -0.05) is 158 Å². The van der Waals surface area contributed by atoms with Gasteiger partial charge >= 0.3 is 0 Å². The van der Waals surface area contributed by atoms with Gasteiger partial charge in [0, 0.05) is 44.9 Å². The minimum absolute atomic E-state index is 0.888. The van der Waals surface area contributed by atoms with Crippen LogP contribution in [0.4, 0.5) is 34.1 Å². The number of fused-ring (bicyclic) bond motifs is 3. The van der Waals surface area contributed by atoms with Crippen LogP contribution in [0.25, 0.3) is 66.4 Å². The SMILES string of the molecule is c1ccc(-c2ccc3oc4ccc(-c5cccc(N(c6ccccc6)c6ccc(-c7ccc(-c8ccc(N(c9ccccc9)c9ccccc9)cc8)cc7)cc6)c5)cc4c3c2)cc1. The minimum Gasteiger partial charge on any atom is -0.456 e. The van der Waals surface area contributed by atoms with Crippen molar-refractivity contribution in [3.05, 3.63) is 255 Å². The molecule has 0 saturated carbocycles. The van der Waals surface area contributed by atoms with E-state index in [1.54, 1.807) is 0 Å². The smallest absolute Gasteiger partial charge is 0.135 e. The number of anilines is 6. The zero-order chi connectivity index (χ0) is 42.0. The molecule has 0 aliphatic heterocycles. The van der Waals surface area contributed by atoms with Crippen molar-refractivity contribution in [3.63, 3.8) is 0 Å². The van der Waals surface area contributed by atoms with E-state index in [4.69, 9.17) is 4.42 Å². The standard InChI is InChI=1S/C60H42N2O/c1-5-14-43(15-6-1)49-32-38-59-57(41-49)58-42-50(33-39-60(58)63-59)48-16-13-23-56(40-48)62(53-21-11-4-12-22-53)55-36-30-47(31-37-55)45-26-24-44(25-27-45)46-28-34-54(35-29-46)61(51-17-7-2-8-18-51)52-19-9-3-10-20-52/h1-42H. The molecule has 0 saturated heterocycles. The van der Waals surface area contributed by atoms with Crippen LogP contribution in [-0.4, -0.2) is 0 Å². The van der Waals surface area contributed by atoms with Crippen molar-refractivity contribution >= 4 is 56.1 Å². The van der Waals surface area contributed by atoms with Crippen molar-refractivity contribution in [2.45, 2.75) is 0 Å². The van der Waals surface area contributed by atoms with Gasteiger partial charge in [-0.15, -0.1) is 0 Å². The summed E-state index contributed by atoms with van der Waals surface area (Å²) in [5, 5.41) is 2.23. The summed E-state index contributed by atoms with van der Waals surface area (Å²) in [4.78, 5) is 4.62. The second-order valence-corrected chi connectivity index (χ2v) is 15.8. The molecular weight excluding hydrogens is 765 g/mol. The van der Waals surface area contributed by atoms with Crippen LogP contribution in [0.15, 0.2) is 259 Å². The molecule has 11 rings (SSSR count). The van der Waals surface area contributed by atoms with Crippen LogP contribution in [0.1, 0.15) is 0 Å². The fourth-order valence-electron chi connectivity index (χ4n) is 8.68. The van der Waals surface area contributed by atoms with Gasteiger partial charge in [0.15, 0.2) is 0 Å². The summed E-state index contributed by atoms with van der Waals surface area (Å²) in [6, 6.07) is 90.6. The molecule has 10 aromatic carbocycles. The molecular formula is C60H42N2O. The Morgan fingerprint density at radius 1 is 0.206 bits per heavy atom. The summed E-state index contributed by atoms with van der Waals surface area (Å²) in [5.74, 6) is 0. The molecule has 63 heavy (non-hydrogen) atoms. The number of hydrogen-bond acceptors (Lipinski definition) is 3. The summed E-state index contributed by atoms with van der Waals surface area (Å²) in [5.41, 5.74) is 17.8. The van der Waals surface area contributed by atoms with Gasteiger partial charge < -0.3 is 14.2 Å². The summed E-state index contributed by atoms with van der Waals surface area (Å²) in [6.07, 6.45) is 0. The molecule has 3 heteroatoms. The minimum atomic E-state index is 0.888. The fraction of sp³-hybridized carbons (Fsp3) is 0. The Labute approximate surface area is 368 Å². The lowest BCUT2D eigenvalue weighted by atomic mass is 9.99. The van der Waals surface area contributed by atoms with Crippen molar-refractivity contribution in [2.24, 2.45) is 0 Å². The highest BCUT2D eigenvalue weighted by atomic mass is 16.3. The number of para-hydroxylation sites is 3. The summed E-state index contributed by atoms with van der Waals surface area (Å²) in [6.45, 7) is 0. The van der Waals surface area contributed by atoms with E-state index in [1.165, 1.54) is 33.4 Å². The number of furan rings is 1. The van der Waals surface area contributed by atoms with Crippen molar-refractivity contribution in [1.82, 2.24) is 0 Å². The van der Waals surface area contributed by atoms with E-state index in [0.717, 1.165) is 67.2 Å². The molecule has 11 aromatic rings. The molecule has 0 aliphatic carbocycles. The monoisotopic (exact) mass is 806 g/mol. The Morgan fingerprint density at radius 3 is 0.937 bits per heavy atom. The van der Waals surface area contributed by atoms with Gasteiger partial charge in [-0.3, -0.25) is 0 Å². The fourth-order valence-corrected chi connectivity index (χ4v) is 8.68. The molecule has 0 bridgehead atoms. The Morgan fingerprint density at radius 2 is 0.492 bits per heavy atom. The van der Waals surface area contributed by atoms with Gasteiger partial charge in [-0.05, 0) is 142 Å². The molecule has 0 radical (unpaired) electrons. The van der Waals surface area contributed by atoms with Crippen LogP contribution in [0.3, 0.4) is 0 Å². The van der Waals surface area contributed by atoms with Crippen LogP contribution in [-0.2, 0) is 0 Å². The van der Waals surface area contributed by atoms with Crippen LogP contribution in [0.2, 0.25) is 0 Å². The number of hydrogen-bond donors (Lipinski definition) is 0. The molecule has 0 aliphatic rings. The lowest BCUT2D eigenvalue weighted by Crippen LogP contribution is -2.09. The maximum atomic E-state index is 6.31. The topological polar surface area (TPSA) is 19.6 Å². The second kappa shape index (κ2) is 16.6. The third kappa shape index (κ3) is 7.54. The Balaban J connectivity index is 0.865. The van der Waals surface area contributed by atoms with E-state index in [0.29, 0.717) is 0 Å². The van der Waals surface area contributed by atoms with Gasteiger partial charge in [0.1, 0.15) is 11.2 Å². The summed E-state index contributed by atoms with van der Waals surface area (Å²) >= 11 is 0. The van der Waals surface area contributed by atoms with E-state index in [-0.39, 0.29) is 0 Å². The second-order valence-electron chi connectivity index (χ2n) is 15.8. The van der Waals surface area contributed by atoms with Gasteiger partial charge in [-0.25, -0.2) is 0 Å². The first-order chi connectivity index (χ1) is 31.2. The predicted molar refractivity (Wildman–Crippen MR) is 265 cm³/mol. The van der Waals surface area contributed by atoms with Crippen molar-refractivity contribution in [3.8, 4) is 44.5 Å². The summed E-state index contributed by atoms with van der Waals surface area (Å²) < 4.78 is 6.31. The van der Waals surface area contributed by atoms with Crippen LogP contribution >= 0.6 is 0 Å². The van der Waals surface area contributed by atoms with Gasteiger partial charge in [0.2, 0.25) is 0 Å². The van der Waals surface area contributed by atoms with Crippen LogP contribution < -0.4 is 9.80 Å².